The number of ether oxygens (including phenoxy) is 1. The lowest BCUT2D eigenvalue weighted by molar-refractivity contribution is -0.138. The number of aromatic amines is 1. The van der Waals surface area contributed by atoms with E-state index < -0.39 is 42.1 Å². The molecule has 1 heterocycles. The van der Waals surface area contributed by atoms with E-state index in [-0.39, 0.29) is 18.1 Å². The number of fused-ring (bicyclic) bond motifs is 3. The van der Waals surface area contributed by atoms with Crippen LogP contribution in [0.1, 0.15) is 34.3 Å². The first-order valence-electron chi connectivity index (χ1n) is 10.4. The minimum Gasteiger partial charge on any atom is -0.449 e. The number of benzene rings is 2. The SMILES string of the molecule is O=C(NCC(O)C(O)c1c[nH]c(=O)c(C(F)(F)F)c1)OCC1c2ccccc2-c2ccccc21. The Labute approximate surface area is 191 Å². The van der Waals surface area contributed by atoms with E-state index in [9.17, 15) is 33.0 Å². The normalized spacial score (nSPS) is 14.7. The van der Waals surface area contributed by atoms with E-state index in [1.54, 1.807) is 0 Å². The third kappa shape index (κ3) is 4.68. The van der Waals surface area contributed by atoms with Crippen LogP contribution in [0, 0.1) is 0 Å². The maximum absolute atomic E-state index is 12.9. The molecule has 4 rings (SSSR count). The predicted octanol–water partition coefficient (Wildman–Crippen LogP) is 3.33. The van der Waals surface area contributed by atoms with Crippen LogP contribution in [0.25, 0.3) is 11.1 Å². The maximum atomic E-state index is 12.9. The molecule has 34 heavy (non-hydrogen) atoms. The van der Waals surface area contributed by atoms with Crippen molar-refractivity contribution in [2.75, 3.05) is 13.2 Å². The molecule has 1 aromatic heterocycles. The summed E-state index contributed by atoms with van der Waals surface area (Å²) in [4.78, 5) is 25.4. The lowest BCUT2D eigenvalue weighted by atomic mass is 9.98. The number of rotatable bonds is 6. The van der Waals surface area contributed by atoms with Gasteiger partial charge in [0.2, 0.25) is 0 Å². The molecule has 1 aliphatic carbocycles. The standard InChI is InChI=1S/C24H21F3N2O5/c25-24(26,27)19-9-13(10-28-22(19)32)21(31)20(30)11-29-23(33)34-12-18-16-7-3-1-5-14(16)15-6-2-4-8-17(15)18/h1-10,18,20-21,30-31H,11-12H2,(H,28,32)(H,29,33). The highest BCUT2D eigenvalue weighted by atomic mass is 19.4. The molecular weight excluding hydrogens is 453 g/mol. The van der Waals surface area contributed by atoms with Crippen molar-refractivity contribution in [2.45, 2.75) is 24.3 Å². The Morgan fingerprint density at radius 3 is 2.24 bits per heavy atom. The molecule has 1 amide bonds. The molecule has 0 saturated heterocycles. The molecule has 2 aromatic carbocycles. The molecule has 4 N–H and O–H groups in total. The van der Waals surface area contributed by atoms with Gasteiger partial charge in [0.1, 0.15) is 24.4 Å². The Morgan fingerprint density at radius 1 is 1.06 bits per heavy atom. The van der Waals surface area contributed by atoms with Gasteiger partial charge in [-0.15, -0.1) is 0 Å². The van der Waals surface area contributed by atoms with Crippen LogP contribution in [-0.4, -0.2) is 40.5 Å². The zero-order valence-corrected chi connectivity index (χ0v) is 17.7. The zero-order chi connectivity index (χ0) is 24.5. The summed E-state index contributed by atoms with van der Waals surface area (Å²) in [5, 5.41) is 22.6. The lowest BCUT2D eigenvalue weighted by Crippen LogP contribution is -2.36. The number of aliphatic hydroxyl groups is 2. The van der Waals surface area contributed by atoms with Gasteiger partial charge in [0.15, 0.2) is 0 Å². The number of halogens is 3. The topological polar surface area (TPSA) is 112 Å². The molecular formula is C24H21F3N2O5. The molecule has 2 atom stereocenters. The first kappa shape index (κ1) is 23.5. The Kier molecular flexibility index (Phi) is 6.45. The first-order chi connectivity index (χ1) is 16.2. The van der Waals surface area contributed by atoms with Gasteiger partial charge < -0.3 is 25.3 Å². The van der Waals surface area contributed by atoms with Gasteiger partial charge >= 0.3 is 12.3 Å². The largest absolute Gasteiger partial charge is 0.449 e. The Morgan fingerprint density at radius 2 is 1.65 bits per heavy atom. The third-order valence-corrected chi connectivity index (χ3v) is 5.74. The van der Waals surface area contributed by atoms with Gasteiger partial charge in [-0.2, -0.15) is 13.2 Å². The number of nitrogens with one attached hydrogen (secondary N) is 2. The molecule has 0 bridgehead atoms. The van der Waals surface area contributed by atoms with Crippen LogP contribution < -0.4 is 10.9 Å². The molecule has 0 saturated carbocycles. The van der Waals surface area contributed by atoms with Crippen molar-refractivity contribution in [3.05, 3.63) is 93.4 Å². The summed E-state index contributed by atoms with van der Waals surface area (Å²) in [5.74, 6) is -0.171. The van der Waals surface area contributed by atoms with Crippen molar-refractivity contribution in [2.24, 2.45) is 0 Å². The summed E-state index contributed by atoms with van der Waals surface area (Å²) in [7, 11) is 0. The van der Waals surface area contributed by atoms with Crippen LogP contribution in [-0.2, 0) is 10.9 Å². The van der Waals surface area contributed by atoms with Gasteiger partial charge in [-0.05, 0) is 28.3 Å². The van der Waals surface area contributed by atoms with E-state index in [4.69, 9.17) is 4.74 Å². The number of alkyl halides is 3. The molecule has 0 spiro atoms. The highest BCUT2D eigenvalue weighted by Crippen LogP contribution is 2.44. The maximum Gasteiger partial charge on any atom is 0.421 e. The number of aliphatic hydroxyl groups excluding tert-OH is 2. The predicted molar refractivity (Wildman–Crippen MR) is 116 cm³/mol. The van der Waals surface area contributed by atoms with E-state index in [1.165, 1.54) is 0 Å². The minimum absolute atomic E-state index is 0.0351. The van der Waals surface area contributed by atoms with E-state index in [0.717, 1.165) is 28.5 Å². The molecule has 3 aromatic rings. The summed E-state index contributed by atoms with van der Waals surface area (Å²) in [6, 6.07) is 16.0. The molecule has 2 unspecified atom stereocenters. The van der Waals surface area contributed by atoms with E-state index in [1.807, 2.05) is 53.5 Å². The lowest BCUT2D eigenvalue weighted by Gasteiger charge is -2.20. The van der Waals surface area contributed by atoms with Crippen LogP contribution in [0.4, 0.5) is 18.0 Å². The van der Waals surface area contributed by atoms with Crippen LogP contribution in [0.15, 0.2) is 65.6 Å². The Hall–Kier alpha value is -3.63. The number of amides is 1. The van der Waals surface area contributed by atoms with Crippen LogP contribution in [0.2, 0.25) is 0 Å². The highest BCUT2D eigenvalue weighted by Gasteiger charge is 2.35. The Bertz CT molecular complexity index is 1210. The van der Waals surface area contributed by atoms with E-state index in [0.29, 0.717) is 6.07 Å². The number of carbonyl (C=O) groups is 1. The zero-order valence-electron chi connectivity index (χ0n) is 17.7. The van der Waals surface area contributed by atoms with Gasteiger partial charge in [0, 0.05) is 24.2 Å². The fraction of sp³-hybridized carbons (Fsp3) is 0.250. The quantitative estimate of drug-likeness (QED) is 0.438. The number of aromatic nitrogens is 1. The molecule has 10 heteroatoms. The highest BCUT2D eigenvalue weighted by molar-refractivity contribution is 5.79. The molecule has 7 nitrogen and oxygen atoms in total. The van der Waals surface area contributed by atoms with Crippen molar-refractivity contribution >= 4 is 6.09 Å². The van der Waals surface area contributed by atoms with Crippen molar-refractivity contribution in [1.29, 1.82) is 0 Å². The van der Waals surface area contributed by atoms with Gasteiger partial charge in [0.05, 0.1) is 0 Å². The summed E-state index contributed by atoms with van der Waals surface area (Å²) < 4.78 is 44.0. The van der Waals surface area contributed by atoms with Crippen LogP contribution >= 0.6 is 0 Å². The van der Waals surface area contributed by atoms with Crippen molar-refractivity contribution < 1.29 is 32.9 Å². The monoisotopic (exact) mass is 474 g/mol. The van der Waals surface area contributed by atoms with Crippen molar-refractivity contribution in [3.8, 4) is 11.1 Å². The van der Waals surface area contributed by atoms with Gasteiger partial charge in [-0.1, -0.05) is 48.5 Å². The molecule has 178 valence electrons. The van der Waals surface area contributed by atoms with Crippen molar-refractivity contribution in [1.82, 2.24) is 10.3 Å². The Balaban J connectivity index is 1.36. The van der Waals surface area contributed by atoms with Gasteiger partial charge in [0.25, 0.3) is 5.56 Å². The summed E-state index contributed by atoms with van der Waals surface area (Å²) in [6.07, 6.45) is -8.34. The molecule has 1 aliphatic rings. The fourth-order valence-electron chi connectivity index (χ4n) is 4.05. The number of H-pyrrole nitrogens is 1. The average Bonchev–Trinajstić information content (AvgIpc) is 3.14. The van der Waals surface area contributed by atoms with Gasteiger partial charge in [-0.3, -0.25) is 4.79 Å². The van der Waals surface area contributed by atoms with Crippen LogP contribution in [0.5, 0.6) is 0 Å². The van der Waals surface area contributed by atoms with Crippen molar-refractivity contribution in [3.63, 3.8) is 0 Å². The number of alkyl carbamates (subject to hydrolysis) is 1. The van der Waals surface area contributed by atoms with Crippen LogP contribution in [0.3, 0.4) is 0 Å². The molecule has 0 radical (unpaired) electrons. The summed E-state index contributed by atoms with van der Waals surface area (Å²) in [5.41, 5.74) is 0.940. The van der Waals surface area contributed by atoms with E-state index in [2.05, 4.69) is 5.32 Å². The first-order valence-corrected chi connectivity index (χ1v) is 10.4. The molecule has 0 fully saturated rings. The minimum atomic E-state index is -4.92. The summed E-state index contributed by atoms with van der Waals surface area (Å²) in [6.45, 7) is -0.453. The van der Waals surface area contributed by atoms with Gasteiger partial charge in [-0.25, -0.2) is 4.79 Å². The molecule has 0 aliphatic heterocycles. The number of hydrogen-bond acceptors (Lipinski definition) is 5. The summed E-state index contributed by atoms with van der Waals surface area (Å²) >= 11 is 0. The smallest absolute Gasteiger partial charge is 0.421 e. The fourth-order valence-corrected chi connectivity index (χ4v) is 4.05. The second-order valence-electron chi connectivity index (χ2n) is 7.89. The second-order valence-corrected chi connectivity index (χ2v) is 7.89. The number of hydrogen-bond donors (Lipinski definition) is 4. The number of carbonyl (C=O) groups excluding carboxylic acids is 1. The average molecular weight is 474 g/mol. The number of pyridine rings is 1. The third-order valence-electron chi connectivity index (χ3n) is 5.74. The van der Waals surface area contributed by atoms with E-state index >= 15 is 0 Å². The second kappa shape index (κ2) is 9.32.